The fraction of sp³-hybridized carbons (Fsp3) is 0.560. The van der Waals surface area contributed by atoms with Crippen molar-refractivity contribution < 1.29 is 34.2 Å². The van der Waals surface area contributed by atoms with Gasteiger partial charge in [0.05, 0.1) is 6.04 Å². The molecule has 0 aromatic heterocycles. The van der Waals surface area contributed by atoms with E-state index in [2.05, 4.69) is 16.0 Å². The Morgan fingerprint density at radius 1 is 0.833 bits per heavy atom. The topological polar surface area (TPSA) is 188 Å². The number of nitrogens with two attached hydrogens (primary N) is 1. The summed E-state index contributed by atoms with van der Waals surface area (Å²) in [6, 6.07) is 4.56. The summed E-state index contributed by atoms with van der Waals surface area (Å²) >= 11 is 0. The van der Waals surface area contributed by atoms with E-state index in [1.54, 1.807) is 38.1 Å². The van der Waals surface area contributed by atoms with Crippen LogP contribution in [0, 0.1) is 11.8 Å². The van der Waals surface area contributed by atoms with Crippen LogP contribution in [0.2, 0.25) is 0 Å². The van der Waals surface area contributed by atoms with Gasteiger partial charge in [-0.05, 0) is 36.7 Å². The highest BCUT2D eigenvalue weighted by Gasteiger charge is 2.32. The van der Waals surface area contributed by atoms with E-state index in [-0.39, 0.29) is 25.2 Å². The lowest BCUT2D eigenvalue weighted by atomic mass is 9.99. The first-order valence-electron chi connectivity index (χ1n) is 12.0. The van der Waals surface area contributed by atoms with Gasteiger partial charge in [-0.2, -0.15) is 0 Å². The van der Waals surface area contributed by atoms with Crippen LogP contribution in [-0.4, -0.2) is 64.0 Å². The maximum absolute atomic E-state index is 13.0. The van der Waals surface area contributed by atoms with Gasteiger partial charge in [0.1, 0.15) is 18.1 Å². The van der Waals surface area contributed by atoms with Crippen molar-refractivity contribution in [1.82, 2.24) is 16.0 Å². The average Bonchev–Trinajstić information content (AvgIpc) is 2.79. The molecule has 11 nitrogen and oxygen atoms in total. The lowest BCUT2D eigenvalue weighted by Gasteiger charge is -2.27. The SMILES string of the molecule is CC(C)C[C@H](NC(=O)[C@@H](NC(=O)[C@H](CCC(=O)O)NC(=O)[C@@H](N)Cc1ccccc1)C(C)C)C(=O)O. The standard InChI is InChI=1S/C25H38N4O7/c1-14(2)12-19(25(35)36)28-24(34)21(15(3)4)29-23(33)18(10-11-20(30)31)27-22(32)17(26)13-16-8-6-5-7-9-16/h5-9,14-15,17-19,21H,10-13,26H2,1-4H3,(H,27,32)(H,28,34)(H,29,33)(H,30,31)(H,35,36)/t17-,18-,19-,21-/m0/s1. The second-order valence-electron chi connectivity index (χ2n) is 9.55. The Balaban J connectivity index is 2.96. The number of amides is 3. The van der Waals surface area contributed by atoms with Gasteiger partial charge >= 0.3 is 11.9 Å². The normalized spacial score (nSPS) is 14.4. The molecule has 0 aliphatic rings. The monoisotopic (exact) mass is 506 g/mol. The molecule has 36 heavy (non-hydrogen) atoms. The van der Waals surface area contributed by atoms with Gasteiger partial charge in [-0.25, -0.2) is 4.79 Å². The first kappa shape index (κ1) is 30.6. The van der Waals surface area contributed by atoms with Crippen molar-refractivity contribution in [3.63, 3.8) is 0 Å². The zero-order chi connectivity index (χ0) is 27.4. The van der Waals surface area contributed by atoms with Crippen LogP contribution in [0.25, 0.3) is 0 Å². The van der Waals surface area contributed by atoms with Crippen molar-refractivity contribution in [2.24, 2.45) is 17.6 Å². The van der Waals surface area contributed by atoms with E-state index in [1.807, 2.05) is 19.9 Å². The lowest BCUT2D eigenvalue weighted by Crippen LogP contribution is -2.58. The molecule has 4 atom stereocenters. The largest absolute Gasteiger partial charge is 0.481 e. The van der Waals surface area contributed by atoms with Crippen molar-refractivity contribution in [2.75, 3.05) is 0 Å². The summed E-state index contributed by atoms with van der Waals surface area (Å²) in [6.45, 7) is 6.98. The van der Waals surface area contributed by atoms with E-state index in [4.69, 9.17) is 10.8 Å². The van der Waals surface area contributed by atoms with E-state index in [1.165, 1.54) is 0 Å². The molecule has 0 heterocycles. The minimum Gasteiger partial charge on any atom is -0.481 e. The van der Waals surface area contributed by atoms with Gasteiger partial charge in [0.2, 0.25) is 17.7 Å². The minimum atomic E-state index is -1.25. The van der Waals surface area contributed by atoms with Crippen LogP contribution in [0.15, 0.2) is 30.3 Å². The Morgan fingerprint density at radius 2 is 1.42 bits per heavy atom. The number of rotatable bonds is 15. The molecular formula is C25H38N4O7. The van der Waals surface area contributed by atoms with Crippen LogP contribution in [0.5, 0.6) is 0 Å². The van der Waals surface area contributed by atoms with Gasteiger partial charge in [0.15, 0.2) is 0 Å². The summed E-state index contributed by atoms with van der Waals surface area (Å²) in [5.41, 5.74) is 6.81. The molecular weight excluding hydrogens is 468 g/mol. The predicted octanol–water partition coefficient (Wildman–Crippen LogP) is 0.662. The predicted molar refractivity (Wildman–Crippen MR) is 133 cm³/mol. The Morgan fingerprint density at radius 3 is 1.92 bits per heavy atom. The Kier molecular flexibility index (Phi) is 12.6. The third-order valence-electron chi connectivity index (χ3n) is 5.48. The molecule has 0 saturated heterocycles. The number of carboxylic acids is 2. The summed E-state index contributed by atoms with van der Waals surface area (Å²) in [4.78, 5) is 61.2. The molecule has 1 rings (SSSR count). The molecule has 7 N–H and O–H groups in total. The number of carboxylic acid groups (broad SMARTS) is 2. The van der Waals surface area contributed by atoms with Crippen molar-refractivity contribution in [3.8, 4) is 0 Å². The Labute approximate surface area is 211 Å². The van der Waals surface area contributed by atoms with Crippen LogP contribution in [-0.2, 0) is 30.4 Å². The molecule has 0 fully saturated rings. The van der Waals surface area contributed by atoms with Gasteiger partial charge in [0, 0.05) is 6.42 Å². The lowest BCUT2D eigenvalue weighted by molar-refractivity contribution is -0.143. The Bertz CT molecular complexity index is 905. The minimum absolute atomic E-state index is 0.00852. The van der Waals surface area contributed by atoms with Crippen LogP contribution in [0.1, 0.15) is 52.5 Å². The maximum atomic E-state index is 13.0. The van der Waals surface area contributed by atoms with Crippen LogP contribution in [0.3, 0.4) is 0 Å². The molecule has 0 aliphatic heterocycles. The van der Waals surface area contributed by atoms with E-state index in [0.717, 1.165) is 5.56 Å². The molecule has 1 aromatic rings. The highest BCUT2D eigenvalue weighted by atomic mass is 16.4. The highest BCUT2D eigenvalue weighted by molar-refractivity contribution is 5.94. The Hall–Kier alpha value is -3.47. The molecule has 1 aromatic carbocycles. The van der Waals surface area contributed by atoms with Crippen LogP contribution < -0.4 is 21.7 Å². The van der Waals surface area contributed by atoms with Gasteiger partial charge in [-0.15, -0.1) is 0 Å². The zero-order valence-corrected chi connectivity index (χ0v) is 21.2. The molecule has 0 radical (unpaired) electrons. The van der Waals surface area contributed by atoms with Gasteiger partial charge in [-0.1, -0.05) is 58.0 Å². The van der Waals surface area contributed by atoms with Crippen molar-refractivity contribution in [1.29, 1.82) is 0 Å². The third-order valence-corrected chi connectivity index (χ3v) is 5.48. The van der Waals surface area contributed by atoms with E-state index in [9.17, 15) is 29.1 Å². The first-order valence-corrected chi connectivity index (χ1v) is 12.0. The number of aliphatic carboxylic acids is 2. The van der Waals surface area contributed by atoms with Crippen molar-refractivity contribution in [3.05, 3.63) is 35.9 Å². The molecule has 0 spiro atoms. The quantitative estimate of drug-likeness (QED) is 0.200. The van der Waals surface area contributed by atoms with E-state index >= 15 is 0 Å². The summed E-state index contributed by atoms with van der Waals surface area (Å²) in [7, 11) is 0. The molecule has 200 valence electrons. The molecule has 0 saturated carbocycles. The number of hydrogen-bond donors (Lipinski definition) is 6. The number of carbonyl (C=O) groups excluding carboxylic acids is 3. The summed E-state index contributed by atoms with van der Waals surface area (Å²) in [6.07, 6.45) is -0.206. The fourth-order valence-electron chi connectivity index (χ4n) is 3.52. The van der Waals surface area contributed by atoms with Crippen molar-refractivity contribution in [2.45, 2.75) is 77.5 Å². The maximum Gasteiger partial charge on any atom is 0.326 e. The molecule has 3 amide bonds. The van der Waals surface area contributed by atoms with Gasteiger partial charge in [0.25, 0.3) is 0 Å². The zero-order valence-electron chi connectivity index (χ0n) is 21.2. The van der Waals surface area contributed by atoms with Crippen LogP contribution in [0.4, 0.5) is 0 Å². The summed E-state index contributed by atoms with van der Waals surface area (Å²) in [5, 5.41) is 26.0. The summed E-state index contributed by atoms with van der Waals surface area (Å²) in [5.74, 6) is -4.85. The molecule has 0 aliphatic carbocycles. The fourth-order valence-corrected chi connectivity index (χ4v) is 3.52. The number of hydrogen-bond acceptors (Lipinski definition) is 6. The number of nitrogens with one attached hydrogen (secondary N) is 3. The van der Waals surface area contributed by atoms with Gasteiger partial charge in [-0.3, -0.25) is 19.2 Å². The smallest absolute Gasteiger partial charge is 0.326 e. The second kappa shape index (κ2) is 14.8. The van der Waals surface area contributed by atoms with Gasteiger partial charge < -0.3 is 31.9 Å². The highest BCUT2D eigenvalue weighted by Crippen LogP contribution is 2.09. The van der Waals surface area contributed by atoms with Crippen molar-refractivity contribution >= 4 is 29.7 Å². The first-order chi connectivity index (χ1) is 16.8. The van der Waals surface area contributed by atoms with E-state index < -0.39 is 66.2 Å². The summed E-state index contributed by atoms with van der Waals surface area (Å²) < 4.78 is 0. The number of carbonyl (C=O) groups is 5. The number of benzene rings is 1. The third kappa shape index (κ3) is 10.9. The van der Waals surface area contributed by atoms with E-state index in [0.29, 0.717) is 0 Å². The molecule has 11 heteroatoms. The molecule has 0 bridgehead atoms. The second-order valence-corrected chi connectivity index (χ2v) is 9.55. The van der Waals surface area contributed by atoms with Crippen LogP contribution >= 0.6 is 0 Å². The average molecular weight is 507 g/mol. The molecule has 0 unspecified atom stereocenters.